The first-order valence-electron chi connectivity index (χ1n) is 8.05. The molecule has 1 N–H and O–H groups in total. The molecule has 20 heavy (non-hydrogen) atoms. The van der Waals surface area contributed by atoms with E-state index < -0.39 is 0 Å². The largest absolute Gasteiger partial charge is 0.376 e. The minimum absolute atomic E-state index is 0.759. The second-order valence-electron chi connectivity index (χ2n) is 5.88. The van der Waals surface area contributed by atoms with Crippen molar-refractivity contribution in [2.45, 2.75) is 71.5 Å². The molecule has 0 radical (unpaired) electrons. The molecule has 114 valence electrons. The molecule has 2 heteroatoms. The highest BCUT2D eigenvalue weighted by Gasteiger charge is 2.02. The molecule has 0 aliphatic rings. The van der Waals surface area contributed by atoms with Crippen molar-refractivity contribution >= 4 is 17.4 Å². The van der Waals surface area contributed by atoms with E-state index >= 15 is 0 Å². The predicted octanol–water partition coefficient (Wildman–Crippen LogP) is 6.16. The Balaban J connectivity index is 2.13. The minimum atomic E-state index is 0.759. The van der Waals surface area contributed by atoms with Crippen LogP contribution in [0, 0.1) is 13.8 Å². The normalized spacial score (nSPS) is 12.4. The topological polar surface area (TPSA) is 12.0 Å². The first-order valence-corrected chi connectivity index (χ1v) is 9.10. The van der Waals surface area contributed by atoms with Crippen LogP contribution in [0.5, 0.6) is 0 Å². The van der Waals surface area contributed by atoms with E-state index in [0.29, 0.717) is 0 Å². The van der Waals surface area contributed by atoms with E-state index in [4.69, 9.17) is 0 Å². The van der Waals surface area contributed by atoms with Crippen LogP contribution in [0.15, 0.2) is 18.2 Å². The lowest BCUT2D eigenvalue weighted by Gasteiger charge is -2.13. The number of unbranched alkanes of at least 4 members (excludes halogenated alkanes) is 4. The number of thioether (sulfide) groups is 1. The lowest BCUT2D eigenvalue weighted by atomic mass is 10.1. The second kappa shape index (κ2) is 10.1. The Morgan fingerprint density at radius 3 is 2.30 bits per heavy atom. The highest BCUT2D eigenvalue weighted by Crippen LogP contribution is 2.20. The molecule has 0 heterocycles. The molecule has 0 aromatic heterocycles. The van der Waals surface area contributed by atoms with Gasteiger partial charge in [-0.2, -0.15) is 0 Å². The fourth-order valence-corrected chi connectivity index (χ4v) is 3.33. The molecule has 0 aliphatic carbocycles. The number of hydrogen-bond donors (Lipinski definition) is 1. The highest BCUT2D eigenvalue weighted by atomic mass is 32.2. The van der Waals surface area contributed by atoms with Crippen LogP contribution < -0.4 is 5.32 Å². The summed E-state index contributed by atoms with van der Waals surface area (Å²) in [4.78, 5) is 0. The van der Waals surface area contributed by atoms with Gasteiger partial charge in [0.2, 0.25) is 0 Å². The van der Waals surface area contributed by atoms with Gasteiger partial charge in [-0.15, -0.1) is 11.8 Å². The van der Waals surface area contributed by atoms with Gasteiger partial charge in [0.05, 0.1) is 5.88 Å². The van der Waals surface area contributed by atoms with E-state index in [9.17, 15) is 0 Å². The third kappa shape index (κ3) is 7.84. The highest BCUT2D eigenvalue weighted by molar-refractivity contribution is 7.99. The Hall–Kier alpha value is -0.630. The molecule has 1 atom stereocenters. The molecule has 1 aromatic rings. The van der Waals surface area contributed by atoms with Crippen molar-refractivity contribution in [1.82, 2.24) is 0 Å². The molecule has 0 saturated carbocycles. The Labute approximate surface area is 129 Å². The van der Waals surface area contributed by atoms with Crippen LogP contribution in [0.25, 0.3) is 0 Å². The monoisotopic (exact) mass is 293 g/mol. The zero-order chi connectivity index (χ0) is 14.8. The van der Waals surface area contributed by atoms with Gasteiger partial charge >= 0.3 is 0 Å². The summed E-state index contributed by atoms with van der Waals surface area (Å²) in [6.45, 7) is 8.94. The number of aryl methyl sites for hydroxylation is 2. The number of hydrogen-bond acceptors (Lipinski definition) is 2. The molecule has 0 bridgehead atoms. The van der Waals surface area contributed by atoms with E-state index in [0.717, 1.165) is 11.1 Å². The Morgan fingerprint density at radius 1 is 1.00 bits per heavy atom. The van der Waals surface area contributed by atoms with Gasteiger partial charge in [0, 0.05) is 10.9 Å². The van der Waals surface area contributed by atoms with Crippen LogP contribution in [-0.4, -0.2) is 11.1 Å². The van der Waals surface area contributed by atoms with E-state index in [1.54, 1.807) is 0 Å². The Bertz CT molecular complexity index is 355. The standard InChI is InChI=1S/C18H31NS/c1-5-6-7-8-9-10-17(4)20-14-19-18-12-15(2)11-16(3)13-18/h11-13,17,19H,5-10,14H2,1-4H3/t17-/m1/s1. The first kappa shape index (κ1) is 17.4. The molecule has 0 amide bonds. The maximum Gasteiger partial charge on any atom is 0.0613 e. The van der Waals surface area contributed by atoms with Gasteiger partial charge in [-0.3, -0.25) is 0 Å². The average molecular weight is 294 g/mol. The predicted molar refractivity (Wildman–Crippen MR) is 94.8 cm³/mol. The number of rotatable bonds is 10. The van der Waals surface area contributed by atoms with Crippen LogP contribution in [0.2, 0.25) is 0 Å². The van der Waals surface area contributed by atoms with E-state index in [2.05, 4.69) is 51.2 Å². The van der Waals surface area contributed by atoms with Crippen molar-refractivity contribution in [1.29, 1.82) is 0 Å². The van der Waals surface area contributed by atoms with Gasteiger partial charge in [-0.1, -0.05) is 52.0 Å². The number of benzene rings is 1. The summed E-state index contributed by atoms with van der Waals surface area (Å²) >= 11 is 2.04. The van der Waals surface area contributed by atoms with Crippen LogP contribution in [-0.2, 0) is 0 Å². The zero-order valence-electron chi connectivity index (χ0n) is 13.7. The van der Waals surface area contributed by atoms with E-state index in [1.165, 1.54) is 55.3 Å². The zero-order valence-corrected chi connectivity index (χ0v) is 14.5. The molecular weight excluding hydrogens is 262 g/mol. The van der Waals surface area contributed by atoms with Crippen LogP contribution >= 0.6 is 11.8 Å². The van der Waals surface area contributed by atoms with Crippen LogP contribution in [0.3, 0.4) is 0 Å². The summed E-state index contributed by atoms with van der Waals surface area (Å²) in [7, 11) is 0. The summed E-state index contributed by atoms with van der Waals surface area (Å²) in [5.74, 6) is 1.01. The SMILES string of the molecule is CCCCCCC[C@@H](C)SCNc1cc(C)cc(C)c1. The van der Waals surface area contributed by atoms with E-state index in [1.807, 2.05) is 11.8 Å². The smallest absolute Gasteiger partial charge is 0.0613 e. The third-order valence-corrected chi connectivity index (χ3v) is 4.70. The maximum atomic E-state index is 3.53. The maximum absolute atomic E-state index is 3.53. The summed E-state index contributed by atoms with van der Waals surface area (Å²) in [6, 6.07) is 6.67. The van der Waals surface area contributed by atoms with Gasteiger partial charge in [0.25, 0.3) is 0 Å². The fourth-order valence-electron chi connectivity index (χ4n) is 2.46. The van der Waals surface area contributed by atoms with Crippen molar-refractivity contribution in [3.8, 4) is 0 Å². The first-order chi connectivity index (χ1) is 9.61. The van der Waals surface area contributed by atoms with Gasteiger partial charge in [-0.05, 0) is 43.5 Å². The molecule has 1 aromatic carbocycles. The summed E-state index contributed by atoms with van der Waals surface area (Å²) in [6.07, 6.45) is 8.29. The van der Waals surface area contributed by atoms with Crippen LogP contribution in [0.4, 0.5) is 5.69 Å². The molecule has 1 rings (SSSR count). The Morgan fingerprint density at radius 2 is 1.65 bits per heavy atom. The molecule has 0 fully saturated rings. The van der Waals surface area contributed by atoms with Gasteiger partial charge in [0.1, 0.15) is 0 Å². The number of anilines is 1. The van der Waals surface area contributed by atoms with Crippen molar-refractivity contribution in [2.24, 2.45) is 0 Å². The van der Waals surface area contributed by atoms with Gasteiger partial charge in [0.15, 0.2) is 0 Å². The summed E-state index contributed by atoms with van der Waals surface area (Å²) < 4.78 is 0. The second-order valence-corrected chi connectivity index (χ2v) is 7.30. The molecular formula is C18H31NS. The summed E-state index contributed by atoms with van der Waals surface area (Å²) in [5, 5.41) is 4.29. The average Bonchev–Trinajstić information content (AvgIpc) is 2.37. The Kier molecular flexibility index (Phi) is 8.84. The van der Waals surface area contributed by atoms with E-state index in [-0.39, 0.29) is 0 Å². The lowest BCUT2D eigenvalue weighted by molar-refractivity contribution is 0.606. The van der Waals surface area contributed by atoms with Crippen molar-refractivity contribution in [2.75, 3.05) is 11.2 Å². The van der Waals surface area contributed by atoms with Crippen LogP contribution in [0.1, 0.15) is 63.5 Å². The quantitative estimate of drug-likeness (QED) is 0.410. The number of nitrogens with one attached hydrogen (secondary N) is 1. The van der Waals surface area contributed by atoms with Crippen molar-refractivity contribution in [3.63, 3.8) is 0 Å². The molecule has 0 unspecified atom stereocenters. The van der Waals surface area contributed by atoms with Gasteiger partial charge in [-0.25, -0.2) is 0 Å². The minimum Gasteiger partial charge on any atom is -0.376 e. The third-order valence-electron chi connectivity index (χ3n) is 3.58. The van der Waals surface area contributed by atoms with Gasteiger partial charge < -0.3 is 5.32 Å². The molecule has 0 aliphatic heterocycles. The molecule has 1 nitrogen and oxygen atoms in total. The fraction of sp³-hybridized carbons (Fsp3) is 0.667. The van der Waals surface area contributed by atoms with Crippen molar-refractivity contribution < 1.29 is 0 Å². The lowest BCUT2D eigenvalue weighted by Crippen LogP contribution is -2.04. The molecule has 0 saturated heterocycles. The molecule has 0 spiro atoms. The summed E-state index contributed by atoms with van der Waals surface area (Å²) in [5.41, 5.74) is 3.92. The van der Waals surface area contributed by atoms with Crippen molar-refractivity contribution in [3.05, 3.63) is 29.3 Å².